The number of amides is 1. The molecule has 4 nitrogen and oxygen atoms in total. The first-order chi connectivity index (χ1) is 16.5. The minimum absolute atomic E-state index is 0.0380. The molecule has 0 aromatic heterocycles. The van der Waals surface area contributed by atoms with E-state index in [2.05, 4.69) is 10.2 Å². The van der Waals surface area contributed by atoms with E-state index < -0.39 is 11.7 Å². The third-order valence-electron chi connectivity index (χ3n) is 6.81. The zero-order chi connectivity index (χ0) is 25.8. The van der Waals surface area contributed by atoms with Gasteiger partial charge >= 0.3 is 6.18 Å². The number of carbonyl (C=O) groups excluding carboxylic acids is 1. The number of rotatable bonds is 8. The Morgan fingerprint density at radius 1 is 1.09 bits per heavy atom. The number of benzene rings is 2. The van der Waals surface area contributed by atoms with Gasteiger partial charge in [-0.1, -0.05) is 49.5 Å². The molecule has 0 bridgehead atoms. The van der Waals surface area contributed by atoms with Crippen LogP contribution in [0, 0.1) is 5.92 Å². The lowest BCUT2D eigenvalue weighted by Crippen LogP contribution is -2.49. The highest BCUT2D eigenvalue weighted by atomic mass is 35.5. The molecule has 0 saturated carbocycles. The molecule has 192 valence electrons. The number of aryl methyl sites for hydroxylation is 1. The Balaban J connectivity index is 1.71. The van der Waals surface area contributed by atoms with Crippen LogP contribution < -0.4 is 10.2 Å². The molecule has 0 aliphatic carbocycles. The summed E-state index contributed by atoms with van der Waals surface area (Å²) in [6.07, 6.45) is -2.71. The molecule has 1 heterocycles. The summed E-state index contributed by atoms with van der Waals surface area (Å²) in [4.78, 5) is 16.7. The summed E-state index contributed by atoms with van der Waals surface area (Å²) < 4.78 is 40.4. The minimum Gasteiger partial charge on any atom is -0.368 e. The van der Waals surface area contributed by atoms with Gasteiger partial charge in [0.15, 0.2) is 0 Å². The van der Waals surface area contributed by atoms with Crippen LogP contribution in [-0.4, -0.2) is 44.0 Å². The van der Waals surface area contributed by atoms with Crippen molar-refractivity contribution in [3.05, 3.63) is 63.1 Å². The van der Waals surface area contributed by atoms with Gasteiger partial charge in [-0.25, -0.2) is 0 Å². The molecular formula is C26H32Cl2F3N3O. The smallest absolute Gasteiger partial charge is 0.368 e. The molecule has 9 heteroatoms. The topological polar surface area (TPSA) is 35.6 Å². The van der Waals surface area contributed by atoms with Gasteiger partial charge in [0.1, 0.15) is 0 Å². The maximum absolute atomic E-state index is 13.5. The number of hydrogen-bond donors (Lipinski definition) is 1. The molecule has 1 amide bonds. The van der Waals surface area contributed by atoms with Crippen LogP contribution in [0.3, 0.4) is 0 Å². The molecule has 1 aliphatic heterocycles. The fourth-order valence-electron chi connectivity index (χ4n) is 4.57. The molecule has 1 saturated heterocycles. The van der Waals surface area contributed by atoms with Gasteiger partial charge in [0.05, 0.1) is 5.56 Å². The van der Waals surface area contributed by atoms with Crippen molar-refractivity contribution in [1.82, 2.24) is 10.2 Å². The van der Waals surface area contributed by atoms with Crippen LogP contribution >= 0.6 is 23.2 Å². The first-order valence-corrected chi connectivity index (χ1v) is 12.7. The number of nitrogens with one attached hydrogen (secondary N) is 1. The quantitative estimate of drug-likeness (QED) is 0.418. The Morgan fingerprint density at radius 2 is 1.77 bits per heavy atom. The standard InChI is InChI=1S/C26H32Cl2F3N3O/c1-4-17(2)25(32-3)21-15-19(26(29,30)31)7-9-23(21)33-11-13-34(14-12-33)24(35)10-6-18-5-8-20(27)16-22(18)28/h5,7-9,15-17,25,32H,4,6,10-14H2,1-3H3/t17?,25-/m0/s1. The van der Waals surface area contributed by atoms with Gasteiger partial charge in [0.25, 0.3) is 0 Å². The molecule has 1 N–H and O–H groups in total. The first kappa shape index (κ1) is 27.6. The van der Waals surface area contributed by atoms with E-state index in [0.717, 1.165) is 23.7 Å². The van der Waals surface area contributed by atoms with Crippen LogP contribution in [0.15, 0.2) is 36.4 Å². The summed E-state index contributed by atoms with van der Waals surface area (Å²) in [5.41, 5.74) is 1.67. The number of alkyl halides is 3. The predicted octanol–water partition coefficient (Wildman–Crippen LogP) is 6.60. The summed E-state index contributed by atoms with van der Waals surface area (Å²) in [5.74, 6) is 0.195. The fraction of sp³-hybridized carbons (Fsp3) is 0.500. The van der Waals surface area contributed by atoms with Gasteiger partial charge in [0, 0.05) is 54.4 Å². The van der Waals surface area contributed by atoms with E-state index in [1.807, 2.05) is 24.8 Å². The van der Waals surface area contributed by atoms with Crippen LogP contribution in [-0.2, 0) is 17.4 Å². The molecule has 0 radical (unpaired) electrons. The summed E-state index contributed by atoms with van der Waals surface area (Å²) in [6.45, 7) is 6.21. The lowest BCUT2D eigenvalue weighted by molar-refractivity contribution is -0.137. The number of hydrogen-bond acceptors (Lipinski definition) is 3. The lowest BCUT2D eigenvalue weighted by Gasteiger charge is -2.38. The number of nitrogens with zero attached hydrogens (tertiary/aromatic N) is 2. The van der Waals surface area contributed by atoms with Crippen molar-refractivity contribution >= 4 is 34.8 Å². The number of anilines is 1. The average Bonchev–Trinajstić information content (AvgIpc) is 2.83. The minimum atomic E-state index is -4.40. The van der Waals surface area contributed by atoms with Crippen LogP contribution in [0.5, 0.6) is 0 Å². The number of carbonyl (C=O) groups is 1. The second kappa shape index (κ2) is 11.8. The van der Waals surface area contributed by atoms with E-state index >= 15 is 0 Å². The molecule has 2 atom stereocenters. The fourth-order valence-corrected chi connectivity index (χ4v) is 5.07. The zero-order valence-electron chi connectivity index (χ0n) is 20.3. The Labute approximate surface area is 215 Å². The van der Waals surface area contributed by atoms with Crippen molar-refractivity contribution in [2.75, 3.05) is 38.1 Å². The highest BCUT2D eigenvalue weighted by Crippen LogP contribution is 2.38. The van der Waals surface area contributed by atoms with Crippen molar-refractivity contribution in [2.45, 2.75) is 45.3 Å². The second-order valence-corrected chi connectivity index (χ2v) is 9.87. The van der Waals surface area contributed by atoms with Crippen molar-refractivity contribution in [2.24, 2.45) is 5.92 Å². The van der Waals surface area contributed by atoms with E-state index in [4.69, 9.17) is 23.2 Å². The van der Waals surface area contributed by atoms with Crippen LogP contribution in [0.25, 0.3) is 0 Å². The van der Waals surface area contributed by atoms with E-state index in [9.17, 15) is 18.0 Å². The summed E-state index contributed by atoms with van der Waals surface area (Å²) in [6, 6.07) is 9.04. The lowest BCUT2D eigenvalue weighted by atomic mass is 9.89. The van der Waals surface area contributed by atoms with Gasteiger partial charge in [-0.15, -0.1) is 0 Å². The normalized spacial score (nSPS) is 16.3. The second-order valence-electron chi connectivity index (χ2n) is 9.03. The third kappa shape index (κ3) is 6.83. The molecule has 1 aliphatic rings. The zero-order valence-corrected chi connectivity index (χ0v) is 21.8. The van der Waals surface area contributed by atoms with E-state index in [1.54, 1.807) is 25.2 Å². The van der Waals surface area contributed by atoms with Crippen molar-refractivity contribution in [1.29, 1.82) is 0 Å². The molecule has 35 heavy (non-hydrogen) atoms. The van der Waals surface area contributed by atoms with E-state index in [-0.39, 0.29) is 17.9 Å². The van der Waals surface area contributed by atoms with Gasteiger partial charge in [0.2, 0.25) is 5.91 Å². The average molecular weight is 530 g/mol. The molecule has 1 unspecified atom stereocenters. The summed E-state index contributed by atoms with van der Waals surface area (Å²) in [7, 11) is 1.78. The Hall–Kier alpha value is -1.96. The predicted molar refractivity (Wildman–Crippen MR) is 136 cm³/mol. The molecule has 2 aromatic rings. The molecule has 2 aromatic carbocycles. The van der Waals surface area contributed by atoms with Crippen molar-refractivity contribution in [3.63, 3.8) is 0 Å². The molecule has 1 fully saturated rings. The highest BCUT2D eigenvalue weighted by Gasteiger charge is 2.33. The number of halogens is 5. The molecule has 0 spiro atoms. The highest BCUT2D eigenvalue weighted by molar-refractivity contribution is 6.35. The van der Waals surface area contributed by atoms with Crippen LogP contribution in [0.1, 0.15) is 49.4 Å². The summed E-state index contributed by atoms with van der Waals surface area (Å²) in [5, 5.41) is 4.32. The third-order valence-corrected chi connectivity index (χ3v) is 7.40. The van der Waals surface area contributed by atoms with Crippen LogP contribution in [0.2, 0.25) is 10.0 Å². The Bertz CT molecular complexity index is 1020. The largest absolute Gasteiger partial charge is 0.416 e. The Kier molecular flexibility index (Phi) is 9.35. The molecular weight excluding hydrogens is 498 g/mol. The van der Waals surface area contributed by atoms with E-state index in [1.165, 1.54) is 6.07 Å². The number of piperazine rings is 1. The van der Waals surface area contributed by atoms with E-state index in [0.29, 0.717) is 54.6 Å². The maximum Gasteiger partial charge on any atom is 0.416 e. The monoisotopic (exact) mass is 529 g/mol. The molecule has 3 rings (SSSR count). The summed E-state index contributed by atoms with van der Waals surface area (Å²) >= 11 is 12.2. The first-order valence-electron chi connectivity index (χ1n) is 11.9. The Morgan fingerprint density at radius 3 is 2.34 bits per heavy atom. The van der Waals surface area contributed by atoms with Crippen molar-refractivity contribution in [3.8, 4) is 0 Å². The van der Waals surface area contributed by atoms with Crippen LogP contribution in [0.4, 0.5) is 18.9 Å². The van der Waals surface area contributed by atoms with Gasteiger partial charge in [-0.3, -0.25) is 4.79 Å². The van der Waals surface area contributed by atoms with Gasteiger partial charge in [-0.2, -0.15) is 13.2 Å². The van der Waals surface area contributed by atoms with Gasteiger partial charge < -0.3 is 15.1 Å². The van der Waals surface area contributed by atoms with Crippen molar-refractivity contribution < 1.29 is 18.0 Å². The SMILES string of the molecule is CCC(C)[C@H](NC)c1cc(C(F)(F)F)ccc1N1CCN(C(=O)CCc2ccc(Cl)cc2Cl)CC1. The van der Waals surface area contributed by atoms with Gasteiger partial charge in [-0.05, 0) is 60.8 Å². The maximum atomic E-state index is 13.5.